The number of aromatic nitrogens is 1. The quantitative estimate of drug-likeness (QED) is 0.359. The molecule has 1 amide bonds. The molecule has 0 N–H and O–H groups in total. The molecule has 0 radical (unpaired) electrons. The van der Waals surface area contributed by atoms with Crippen molar-refractivity contribution in [3.63, 3.8) is 0 Å². The molecular formula is C25H24N2O4S2. The van der Waals surface area contributed by atoms with E-state index in [2.05, 4.69) is 0 Å². The van der Waals surface area contributed by atoms with Gasteiger partial charge in [-0.2, -0.15) is 0 Å². The van der Waals surface area contributed by atoms with Crippen LogP contribution in [0.25, 0.3) is 10.2 Å². The molecule has 0 fully saturated rings. The Labute approximate surface area is 197 Å². The Kier molecular flexibility index (Phi) is 6.76. The van der Waals surface area contributed by atoms with Crippen molar-refractivity contribution >= 4 is 42.4 Å². The van der Waals surface area contributed by atoms with Crippen molar-refractivity contribution in [2.75, 3.05) is 17.8 Å². The highest BCUT2D eigenvalue weighted by Gasteiger charge is 2.22. The number of anilines is 1. The predicted molar refractivity (Wildman–Crippen MR) is 132 cm³/mol. The molecule has 0 spiro atoms. The molecule has 1 heterocycles. The molecule has 0 unspecified atom stereocenters. The van der Waals surface area contributed by atoms with Crippen LogP contribution in [0.3, 0.4) is 0 Å². The number of thiazole rings is 1. The predicted octanol–water partition coefficient (Wildman–Crippen LogP) is 4.87. The zero-order valence-electron chi connectivity index (χ0n) is 18.4. The number of rotatable bonds is 8. The summed E-state index contributed by atoms with van der Waals surface area (Å²) in [6.45, 7) is 2.83. The number of ether oxygens (including phenoxy) is 1. The zero-order valence-corrected chi connectivity index (χ0v) is 20.0. The molecule has 0 aliphatic rings. The smallest absolute Gasteiger partial charge is 0.233 e. The summed E-state index contributed by atoms with van der Waals surface area (Å²) in [5, 5.41) is 0.596. The molecule has 3 aromatic carbocycles. The molecule has 6 nitrogen and oxygen atoms in total. The van der Waals surface area contributed by atoms with Gasteiger partial charge >= 0.3 is 0 Å². The van der Waals surface area contributed by atoms with E-state index in [4.69, 9.17) is 9.72 Å². The van der Waals surface area contributed by atoms with Crippen LogP contribution in [-0.4, -0.2) is 32.2 Å². The number of hydrogen-bond acceptors (Lipinski definition) is 6. The summed E-state index contributed by atoms with van der Waals surface area (Å²) >= 11 is 1.44. The first-order chi connectivity index (χ1) is 15.8. The van der Waals surface area contributed by atoms with E-state index in [0.717, 1.165) is 21.3 Å². The molecule has 4 aromatic rings. The van der Waals surface area contributed by atoms with E-state index in [0.29, 0.717) is 24.0 Å². The molecule has 0 saturated heterocycles. The van der Waals surface area contributed by atoms with Crippen LogP contribution in [0.5, 0.6) is 5.75 Å². The molecule has 170 valence electrons. The third-order valence-corrected chi connectivity index (χ3v) is 7.26. The van der Waals surface area contributed by atoms with Gasteiger partial charge in [-0.25, -0.2) is 13.4 Å². The van der Waals surface area contributed by atoms with E-state index in [-0.39, 0.29) is 17.2 Å². The number of fused-ring (bicyclic) bond motifs is 1. The van der Waals surface area contributed by atoms with Crippen LogP contribution in [0.15, 0.2) is 77.7 Å². The fourth-order valence-electron chi connectivity index (χ4n) is 3.45. The summed E-state index contributed by atoms with van der Waals surface area (Å²) < 4.78 is 30.1. The van der Waals surface area contributed by atoms with Gasteiger partial charge in [0.25, 0.3) is 0 Å². The maximum absolute atomic E-state index is 13.4. The largest absolute Gasteiger partial charge is 0.492 e. The number of hydrogen-bond donors (Lipinski definition) is 0. The minimum absolute atomic E-state index is 0.122. The molecule has 4 rings (SSSR count). The first-order valence-electron chi connectivity index (χ1n) is 10.5. The average Bonchev–Trinajstić information content (AvgIpc) is 3.23. The van der Waals surface area contributed by atoms with Gasteiger partial charge in [-0.15, -0.1) is 0 Å². The van der Waals surface area contributed by atoms with Gasteiger partial charge in [-0.3, -0.25) is 9.69 Å². The van der Waals surface area contributed by atoms with E-state index in [1.165, 1.54) is 29.7 Å². The van der Waals surface area contributed by atoms with Crippen molar-refractivity contribution in [3.05, 3.63) is 83.9 Å². The van der Waals surface area contributed by atoms with Gasteiger partial charge in [0.05, 0.1) is 29.2 Å². The Morgan fingerprint density at radius 2 is 1.70 bits per heavy atom. The van der Waals surface area contributed by atoms with Crippen molar-refractivity contribution < 1.29 is 17.9 Å². The van der Waals surface area contributed by atoms with Gasteiger partial charge in [0.15, 0.2) is 15.0 Å². The Bertz CT molecular complexity index is 1360. The second-order valence-electron chi connectivity index (χ2n) is 7.59. The normalized spacial score (nSPS) is 11.5. The number of amides is 1. The van der Waals surface area contributed by atoms with E-state index in [9.17, 15) is 13.2 Å². The van der Waals surface area contributed by atoms with Crippen molar-refractivity contribution in [3.8, 4) is 5.75 Å². The molecular weight excluding hydrogens is 456 g/mol. The Balaban J connectivity index is 1.67. The second kappa shape index (κ2) is 9.72. The monoisotopic (exact) mass is 480 g/mol. The van der Waals surface area contributed by atoms with Crippen LogP contribution in [0, 0.1) is 0 Å². The molecule has 0 aliphatic carbocycles. The first-order valence-corrected chi connectivity index (χ1v) is 13.2. The number of para-hydroxylation sites is 1. The summed E-state index contributed by atoms with van der Waals surface area (Å²) in [7, 11) is -3.29. The fourth-order valence-corrected chi connectivity index (χ4v) is 5.08. The highest BCUT2D eigenvalue weighted by Crippen LogP contribution is 2.35. The summed E-state index contributed by atoms with van der Waals surface area (Å²) in [6.07, 6.45) is 1.30. The Morgan fingerprint density at radius 1 is 0.970 bits per heavy atom. The fraction of sp³-hybridized carbons (Fsp3) is 0.200. The molecule has 0 bridgehead atoms. The lowest BCUT2D eigenvalue weighted by Crippen LogP contribution is -2.31. The van der Waals surface area contributed by atoms with E-state index in [1.807, 2.05) is 55.5 Å². The first kappa shape index (κ1) is 22.9. The van der Waals surface area contributed by atoms with Crippen molar-refractivity contribution in [1.29, 1.82) is 0 Å². The van der Waals surface area contributed by atoms with Crippen molar-refractivity contribution in [1.82, 2.24) is 4.98 Å². The minimum atomic E-state index is -3.29. The van der Waals surface area contributed by atoms with E-state index < -0.39 is 9.84 Å². The molecule has 0 aliphatic heterocycles. The summed E-state index contributed by atoms with van der Waals surface area (Å²) in [5.41, 5.74) is 2.46. The van der Waals surface area contributed by atoms with Gasteiger partial charge in [-0.05, 0) is 42.3 Å². The van der Waals surface area contributed by atoms with Crippen LogP contribution >= 0.6 is 11.3 Å². The maximum atomic E-state index is 13.4. The van der Waals surface area contributed by atoms with E-state index >= 15 is 0 Å². The van der Waals surface area contributed by atoms with Gasteiger partial charge < -0.3 is 4.74 Å². The number of carbonyl (C=O) groups is 1. The SMILES string of the molecule is CCOc1cccc2sc(N(Cc3ccccc3)C(=O)Cc3ccc(S(C)(=O)=O)cc3)nc12. The zero-order chi connectivity index (χ0) is 23.4. The third-order valence-electron chi connectivity index (χ3n) is 5.09. The average molecular weight is 481 g/mol. The number of benzene rings is 3. The standard InChI is InChI=1S/C25H24N2O4S2/c1-3-31-21-10-7-11-22-24(21)26-25(32-22)27(17-19-8-5-4-6-9-19)23(28)16-18-12-14-20(15-13-18)33(2,29)30/h4-15H,3,16-17H2,1-2H3. The van der Waals surface area contributed by atoms with Gasteiger partial charge in [0, 0.05) is 6.26 Å². The van der Waals surface area contributed by atoms with Crippen LogP contribution < -0.4 is 9.64 Å². The van der Waals surface area contributed by atoms with E-state index in [1.54, 1.807) is 17.0 Å². The maximum Gasteiger partial charge on any atom is 0.233 e. The summed E-state index contributed by atoms with van der Waals surface area (Å²) in [5.74, 6) is 0.573. The van der Waals surface area contributed by atoms with Crippen LogP contribution in [-0.2, 0) is 27.6 Å². The number of nitrogens with zero attached hydrogens (tertiary/aromatic N) is 2. The Hall–Kier alpha value is -3.23. The lowest BCUT2D eigenvalue weighted by Gasteiger charge is -2.20. The summed E-state index contributed by atoms with van der Waals surface area (Å²) in [4.78, 5) is 20.1. The lowest BCUT2D eigenvalue weighted by atomic mass is 10.1. The molecule has 0 atom stereocenters. The number of sulfone groups is 1. The van der Waals surface area contributed by atoms with Crippen LogP contribution in [0.2, 0.25) is 0 Å². The van der Waals surface area contributed by atoms with Crippen molar-refractivity contribution in [2.45, 2.75) is 24.8 Å². The topological polar surface area (TPSA) is 76.6 Å². The van der Waals surface area contributed by atoms with Crippen molar-refractivity contribution in [2.24, 2.45) is 0 Å². The molecule has 1 aromatic heterocycles. The van der Waals surface area contributed by atoms with Gasteiger partial charge in [-0.1, -0.05) is 59.9 Å². The highest BCUT2D eigenvalue weighted by molar-refractivity contribution is 7.90. The minimum Gasteiger partial charge on any atom is -0.492 e. The molecule has 8 heteroatoms. The van der Waals surface area contributed by atoms with Gasteiger partial charge in [0.2, 0.25) is 5.91 Å². The second-order valence-corrected chi connectivity index (χ2v) is 10.6. The molecule has 33 heavy (non-hydrogen) atoms. The number of carbonyl (C=O) groups excluding carboxylic acids is 1. The third kappa shape index (κ3) is 5.40. The van der Waals surface area contributed by atoms with Crippen LogP contribution in [0.4, 0.5) is 5.13 Å². The summed E-state index contributed by atoms with van der Waals surface area (Å²) in [6, 6.07) is 21.9. The Morgan fingerprint density at radius 3 is 2.36 bits per heavy atom. The van der Waals surface area contributed by atoms with Crippen LogP contribution in [0.1, 0.15) is 18.1 Å². The lowest BCUT2D eigenvalue weighted by molar-refractivity contribution is -0.118. The molecule has 0 saturated carbocycles. The highest BCUT2D eigenvalue weighted by atomic mass is 32.2. The van der Waals surface area contributed by atoms with Gasteiger partial charge in [0.1, 0.15) is 11.3 Å².